The van der Waals surface area contributed by atoms with E-state index in [0.717, 1.165) is 6.42 Å². The molecule has 0 unspecified atom stereocenters. The molecular formula is C17H21N3O3. The zero-order chi connectivity index (χ0) is 17.1. The fourth-order valence-electron chi connectivity index (χ4n) is 1.96. The fourth-order valence-corrected chi connectivity index (χ4v) is 1.96. The first-order chi connectivity index (χ1) is 11.0. The van der Waals surface area contributed by atoms with Gasteiger partial charge in [-0.2, -0.15) is 5.26 Å². The lowest BCUT2D eigenvalue weighted by Crippen LogP contribution is -2.27. The Labute approximate surface area is 135 Å². The number of nitriles is 1. The number of hydrogen-bond acceptors (Lipinski definition) is 4. The van der Waals surface area contributed by atoms with Crippen LogP contribution in [0.25, 0.3) is 0 Å². The van der Waals surface area contributed by atoms with Crippen molar-refractivity contribution in [3.05, 3.63) is 47.2 Å². The highest BCUT2D eigenvalue weighted by Crippen LogP contribution is 2.06. The van der Waals surface area contributed by atoms with Crippen LogP contribution in [0.3, 0.4) is 0 Å². The third kappa shape index (κ3) is 7.14. The van der Waals surface area contributed by atoms with Gasteiger partial charge in [0, 0.05) is 25.7 Å². The largest absolute Gasteiger partial charge is 0.481 e. The third-order valence-electron chi connectivity index (χ3n) is 3.26. The van der Waals surface area contributed by atoms with E-state index in [4.69, 9.17) is 10.4 Å². The monoisotopic (exact) mass is 315 g/mol. The highest BCUT2D eigenvalue weighted by molar-refractivity contribution is 5.97. The van der Waals surface area contributed by atoms with Crippen molar-refractivity contribution >= 4 is 11.9 Å². The molecule has 0 saturated carbocycles. The molecule has 0 bridgehead atoms. The molecule has 0 aromatic heterocycles. The van der Waals surface area contributed by atoms with E-state index in [0.29, 0.717) is 13.0 Å². The smallest absolute Gasteiger partial charge is 0.303 e. The molecule has 1 aromatic carbocycles. The molecule has 0 atom stereocenters. The number of amides is 1. The molecule has 3 N–H and O–H groups in total. The number of nitrogens with zero attached hydrogens (tertiary/aromatic N) is 1. The number of carbonyl (C=O) groups excluding carboxylic acids is 1. The second kappa shape index (κ2) is 10.0. The summed E-state index contributed by atoms with van der Waals surface area (Å²) < 4.78 is 0. The maximum atomic E-state index is 11.7. The van der Waals surface area contributed by atoms with Gasteiger partial charge in [-0.3, -0.25) is 9.59 Å². The Morgan fingerprint density at radius 2 is 2.04 bits per heavy atom. The molecule has 1 aromatic rings. The van der Waals surface area contributed by atoms with Crippen molar-refractivity contribution in [1.82, 2.24) is 10.6 Å². The molecule has 0 aliphatic carbocycles. The number of benzene rings is 1. The number of rotatable bonds is 9. The summed E-state index contributed by atoms with van der Waals surface area (Å²) in [7, 11) is 0. The van der Waals surface area contributed by atoms with Crippen LogP contribution in [0.15, 0.2) is 36.0 Å². The molecule has 6 heteroatoms. The van der Waals surface area contributed by atoms with Crippen LogP contribution >= 0.6 is 0 Å². The SMILES string of the molecule is Cc1ccccc1CCN/C=C(/C#N)C(=O)NCCCC(=O)O. The summed E-state index contributed by atoms with van der Waals surface area (Å²) in [5.74, 6) is -1.41. The highest BCUT2D eigenvalue weighted by atomic mass is 16.4. The van der Waals surface area contributed by atoms with Gasteiger partial charge < -0.3 is 15.7 Å². The summed E-state index contributed by atoms with van der Waals surface area (Å²) in [5, 5.41) is 23.0. The van der Waals surface area contributed by atoms with Crippen LogP contribution < -0.4 is 10.6 Å². The predicted molar refractivity (Wildman–Crippen MR) is 86.5 cm³/mol. The van der Waals surface area contributed by atoms with Crippen LogP contribution in [-0.2, 0) is 16.0 Å². The van der Waals surface area contributed by atoms with Gasteiger partial charge in [0.25, 0.3) is 5.91 Å². The normalized spacial score (nSPS) is 10.7. The lowest BCUT2D eigenvalue weighted by molar-refractivity contribution is -0.137. The minimum Gasteiger partial charge on any atom is -0.481 e. The number of carboxylic acids is 1. The van der Waals surface area contributed by atoms with Gasteiger partial charge in [0.2, 0.25) is 0 Å². The Bertz CT molecular complexity index is 618. The van der Waals surface area contributed by atoms with Gasteiger partial charge in [0.15, 0.2) is 0 Å². The second-order valence-electron chi connectivity index (χ2n) is 5.05. The Kier molecular flexibility index (Phi) is 7.94. The lowest BCUT2D eigenvalue weighted by atomic mass is 10.1. The molecule has 23 heavy (non-hydrogen) atoms. The summed E-state index contributed by atoms with van der Waals surface area (Å²) in [4.78, 5) is 22.1. The number of aryl methyl sites for hydroxylation is 1. The highest BCUT2D eigenvalue weighted by Gasteiger charge is 2.08. The van der Waals surface area contributed by atoms with E-state index in [1.807, 2.05) is 37.3 Å². The van der Waals surface area contributed by atoms with E-state index in [9.17, 15) is 9.59 Å². The van der Waals surface area contributed by atoms with Crippen molar-refractivity contribution < 1.29 is 14.7 Å². The van der Waals surface area contributed by atoms with Crippen LogP contribution in [0.5, 0.6) is 0 Å². The average Bonchev–Trinajstić information content (AvgIpc) is 2.53. The maximum absolute atomic E-state index is 11.7. The first-order valence-electron chi connectivity index (χ1n) is 7.42. The van der Waals surface area contributed by atoms with Crippen LogP contribution in [0, 0.1) is 18.3 Å². The number of nitrogens with one attached hydrogen (secondary N) is 2. The van der Waals surface area contributed by atoms with Gasteiger partial charge in [0.1, 0.15) is 11.6 Å². The molecule has 0 heterocycles. The maximum Gasteiger partial charge on any atom is 0.303 e. The third-order valence-corrected chi connectivity index (χ3v) is 3.26. The summed E-state index contributed by atoms with van der Waals surface area (Å²) in [6.45, 7) is 2.88. The molecule has 0 saturated heterocycles. The minimum atomic E-state index is -0.909. The topological polar surface area (TPSA) is 102 Å². The van der Waals surface area contributed by atoms with Gasteiger partial charge in [0.05, 0.1) is 0 Å². The molecule has 0 aliphatic rings. The molecule has 0 radical (unpaired) electrons. The minimum absolute atomic E-state index is 0.0133. The Balaban J connectivity index is 2.37. The van der Waals surface area contributed by atoms with Crippen LogP contribution in [0.2, 0.25) is 0 Å². The summed E-state index contributed by atoms with van der Waals surface area (Å²) >= 11 is 0. The fraction of sp³-hybridized carbons (Fsp3) is 0.353. The van der Waals surface area contributed by atoms with E-state index in [2.05, 4.69) is 10.6 Å². The predicted octanol–water partition coefficient (Wildman–Crippen LogP) is 1.52. The van der Waals surface area contributed by atoms with E-state index in [1.54, 1.807) is 0 Å². The van der Waals surface area contributed by atoms with E-state index < -0.39 is 11.9 Å². The van der Waals surface area contributed by atoms with Gasteiger partial charge in [-0.15, -0.1) is 0 Å². The van der Waals surface area contributed by atoms with Crippen molar-refractivity contribution in [2.24, 2.45) is 0 Å². The standard InChI is InChI=1S/C17H21N3O3/c1-13-5-2-3-6-14(13)8-10-19-12-15(11-18)17(23)20-9-4-7-16(21)22/h2-3,5-6,12,19H,4,7-10H2,1H3,(H,20,23)(H,21,22)/b15-12-. The summed E-state index contributed by atoms with van der Waals surface area (Å²) in [5.41, 5.74) is 2.39. The summed E-state index contributed by atoms with van der Waals surface area (Å²) in [6, 6.07) is 9.87. The van der Waals surface area contributed by atoms with Gasteiger partial charge in [-0.25, -0.2) is 0 Å². The molecule has 0 fully saturated rings. The average molecular weight is 315 g/mol. The number of carboxylic acid groups (broad SMARTS) is 1. The molecule has 6 nitrogen and oxygen atoms in total. The lowest BCUT2D eigenvalue weighted by Gasteiger charge is -2.06. The number of carbonyl (C=O) groups is 2. The molecule has 1 amide bonds. The van der Waals surface area contributed by atoms with Crippen molar-refractivity contribution in [2.45, 2.75) is 26.2 Å². The Morgan fingerprint density at radius 1 is 1.30 bits per heavy atom. The van der Waals surface area contributed by atoms with Gasteiger partial charge in [-0.1, -0.05) is 24.3 Å². The van der Waals surface area contributed by atoms with E-state index >= 15 is 0 Å². The van der Waals surface area contributed by atoms with Gasteiger partial charge in [-0.05, 0) is 30.9 Å². The summed E-state index contributed by atoms with van der Waals surface area (Å²) in [6.07, 6.45) is 2.51. The number of hydrogen-bond donors (Lipinski definition) is 3. The second-order valence-corrected chi connectivity index (χ2v) is 5.05. The first kappa shape index (κ1) is 18.2. The molecule has 0 spiro atoms. The molecular weight excluding hydrogens is 294 g/mol. The Hall–Kier alpha value is -2.81. The van der Waals surface area contributed by atoms with Crippen LogP contribution in [0.1, 0.15) is 24.0 Å². The van der Waals surface area contributed by atoms with Crippen molar-refractivity contribution in [3.8, 4) is 6.07 Å². The molecule has 1 rings (SSSR count). The zero-order valence-electron chi connectivity index (χ0n) is 13.1. The first-order valence-corrected chi connectivity index (χ1v) is 7.42. The van der Waals surface area contributed by atoms with Crippen LogP contribution in [-0.4, -0.2) is 30.1 Å². The van der Waals surface area contributed by atoms with Crippen molar-refractivity contribution in [1.29, 1.82) is 5.26 Å². The van der Waals surface area contributed by atoms with E-state index in [1.165, 1.54) is 17.3 Å². The van der Waals surface area contributed by atoms with Crippen molar-refractivity contribution in [3.63, 3.8) is 0 Å². The number of aliphatic carboxylic acids is 1. The van der Waals surface area contributed by atoms with Crippen LogP contribution in [0.4, 0.5) is 0 Å². The Morgan fingerprint density at radius 3 is 2.70 bits per heavy atom. The quantitative estimate of drug-likeness (QED) is 0.364. The van der Waals surface area contributed by atoms with E-state index in [-0.39, 0.29) is 18.5 Å². The molecule has 122 valence electrons. The molecule has 0 aliphatic heterocycles. The zero-order valence-corrected chi connectivity index (χ0v) is 13.1. The van der Waals surface area contributed by atoms with Crippen molar-refractivity contribution in [2.75, 3.05) is 13.1 Å². The van der Waals surface area contributed by atoms with Gasteiger partial charge >= 0.3 is 5.97 Å².